The van der Waals surface area contributed by atoms with Crippen LogP contribution in [-0.2, 0) is 4.74 Å². The predicted octanol–water partition coefficient (Wildman–Crippen LogP) is -1.02. The van der Waals surface area contributed by atoms with Gasteiger partial charge >= 0.3 is 0 Å². The van der Waals surface area contributed by atoms with E-state index in [0.29, 0.717) is 13.1 Å². The summed E-state index contributed by atoms with van der Waals surface area (Å²) >= 11 is 0. The molecule has 2 aliphatic rings. The third-order valence-corrected chi connectivity index (χ3v) is 3.99. The molecule has 0 amide bonds. The highest BCUT2D eigenvalue weighted by atomic mass is 16.7. The Labute approximate surface area is 94.7 Å². The van der Waals surface area contributed by atoms with Crippen LogP contribution in [0.4, 0.5) is 0 Å². The molecule has 0 radical (unpaired) electrons. The average Bonchev–Trinajstić information content (AvgIpc) is 2.45. The predicted molar refractivity (Wildman–Crippen MR) is 57.6 cm³/mol. The minimum Gasteiger partial charge on any atom is -0.387 e. The standard InChI is InChI=1S/C11H19NO4/c1-4-5-12-6-7-8(13)10(14)9(2,3)11(10,15)16-7/h4,7-8,12-15H,1,5-6H2,2-3H3/t7-,8+,10+,11+/m1/s1. The molecule has 0 aromatic heterocycles. The fraction of sp³-hybridized carbons (Fsp3) is 0.818. The van der Waals surface area contributed by atoms with E-state index >= 15 is 0 Å². The third-order valence-electron chi connectivity index (χ3n) is 3.99. The molecule has 0 bridgehead atoms. The fourth-order valence-corrected chi connectivity index (χ4v) is 2.66. The Morgan fingerprint density at radius 1 is 1.44 bits per heavy atom. The summed E-state index contributed by atoms with van der Waals surface area (Å²) in [5.74, 6) is -1.63. The van der Waals surface area contributed by atoms with Gasteiger partial charge in [-0.15, -0.1) is 6.58 Å². The van der Waals surface area contributed by atoms with Crippen molar-refractivity contribution >= 4 is 0 Å². The summed E-state index contributed by atoms with van der Waals surface area (Å²) in [5.41, 5.74) is -2.38. The van der Waals surface area contributed by atoms with Crippen LogP contribution in [0.1, 0.15) is 13.8 Å². The van der Waals surface area contributed by atoms with Crippen LogP contribution in [0, 0.1) is 5.41 Å². The maximum absolute atomic E-state index is 10.2. The second-order valence-electron chi connectivity index (χ2n) is 5.08. The summed E-state index contributed by atoms with van der Waals surface area (Å²) in [4.78, 5) is 0. The molecule has 0 aromatic rings. The average molecular weight is 229 g/mol. The lowest BCUT2D eigenvalue weighted by atomic mass is 9.98. The van der Waals surface area contributed by atoms with E-state index < -0.39 is 29.0 Å². The lowest BCUT2D eigenvalue weighted by Crippen LogP contribution is -2.44. The van der Waals surface area contributed by atoms with Gasteiger partial charge in [-0.3, -0.25) is 0 Å². The second-order valence-corrected chi connectivity index (χ2v) is 5.08. The summed E-state index contributed by atoms with van der Waals surface area (Å²) in [6.07, 6.45) is 0.0166. The molecule has 2 fully saturated rings. The van der Waals surface area contributed by atoms with Crippen molar-refractivity contribution in [3.8, 4) is 0 Å². The van der Waals surface area contributed by atoms with Crippen molar-refractivity contribution in [3.05, 3.63) is 12.7 Å². The van der Waals surface area contributed by atoms with E-state index in [2.05, 4.69) is 11.9 Å². The van der Waals surface area contributed by atoms with E-state index in [9.17, 15) is 15.3 Å². The summed E-state index contributed by atoms with van der Waals surface area (Å²) in [7, 11) is 0. The van der Waals surface area contributed by atoms with E-state index in [4.69, 9.17) is 4.74 Å². The number of hydrogen-bond acceptors (Lipinski definition) is 5. The van der Waals surface area contributed by atoms with Crippen molar-refractivity contribution in [2.24, 2.45) is 5.41 Å². The third kappa shape index (κ3) is 1.07. The molecule has 5 heteroatoms. The maximum Gasteiger partial charge on any atom is 0.207 e. The van der Waals surface area contributed by atoms with Crippen molar-refractivity contribution in [1.82, 2.24) is 5.32 Å². The molecule has 1 saturated carbocycles. The zero-order valence-corrected chi connectivity index (χ0v) is 9.60. The molecule has 16 heavy (non-hydrogen) atoms. The van der Waals surface area contributed by atoms with Gasteiger partial charge in [-0.05, 0) is 0 Å². The van der Waals surface area contributed by atoms with Crippen molar-refractivity contribution < 1.29 is 20.1 Å². The first-order chi connectivity index (χ1) is 7.33. The van der Waals surface area contributed by atoms with Gasteiger partial charge in [0.1, 0.15) is 12.2 Å². The quantitative estimate of drug-likeness (QED) is 0.366. The molecule has 0 spiro atoms. The molecule has 4 N–H and O–H groups in total. The molecule has 2 rings (SSSR count). The van der Waals surface area contributed by atoms with Gasteiger partial charge in [-0.2, -0.15) is 0 Å². The Morgan fingerprint density at radius 2 is 2.06 bits per heavy atom. The first-order valence-corrected chi connectivity index (χ1v) is 5.45. The van der Waals surface area contributed by atoms with Crippen LogP contribution in [0.5, 0.6) is 0 Å². The van der Waals surface area contributed by atoms with E-state index in [1.807, 2.05) is 0 Å². The molecule has 4 atom stereocenters. The van der Waals surface area contributed by atoms with Crippen molar-refractivity contribution in [3.63, 3.8) is 0 Å². The number of aliphatic hydroxyl groups excluding tert-OH is 1. The number of hydrogen-bond donors (Lipinski definition) is 4. The number of aliphatic hydroxyl groups is 3. The highest BCUT2D eigenvalue weighted by Gasteiger charge is 2.91. The molecular formula is C11H19NO4. The van der Waals surface area contributed by atoms with E-state index in [1.54, 1.807) is 19.9 Å². The van der Waals surface area contributed by atoms with Crippen LogP contribution in [0.2, 0.25) is 0 Å². The van der Waals surface area contributed by atoms with Crippen LogP contribution >= 0.6 is 0 Å². The van der Waals surface area contributed by atoms with Gasteiger partial charge in [0.25, 0.3) is 0 Å². The Balaban J connectivity index is 2.03. The number of fused-ring (bicyclic) bond motifs is 1. The summed E-state index contributed by atoms with van der Waals surface area (Å²) in [6.45, 7) is 7.85. The molecular weight excluding hydrogens is 210 g/mol. The van der Waals surface area contributed by atoms with Crippen LogP contribution in [0.15, 0.2) is 12.7 Å². The highest BCUT2D eigenvalue weighted by Crippen LogP contribution is 2.71. The van der Waals surface area contributed by atoms with E-state index in [1.165, 1.54) is 0 Å². The normalized spacial score (nSPS) is 48.8. The van der Waals surface area contributed by atoms with Gasteiger partial charge < -0.3 is 25.4 Å². The lowest BCUT2D eigenvalue weighted by molar-refractivity contribution is -0.170. The van der Waals surface area contributed by atoms with Crippen LogP contribution in [-0.4, -0.2) is 52.0 Å². The number of rotatable bonds is 4. The lowest BCUT2D eigenvalue weighted by Gasteiger charge is -2.25. The largest absolute Gasteiger partial charge is 0.387 e. The smallest absolute Gasteiger partial charge is 0.207 e. The Hall–Kier alpha value is -0.460. The van der Waals surface area contributed by atoms with Gasteiger partial charge in [0.2, 0.25) is 5.79 Å². The van der Waals surface area contributed by atoms with Crippen molar-refractivity contribution in [1.29, 1.82) is 0 Å². The Morgan fingerprint density at radius 3 is 2.50 bits per heavy atom. The first-order valence-electron chi connectivity index (χ1n) is 5.45. The summed E-state index contributed by atoms with van der Waals surface area (Å²) in [6, 6.07) is 0. The molecule has 1 aliphatic carbocycles. The van der Waals surface area contributed by atoms with Gasteiger partial charge in [-0.1, -0.05) is 19.9 Å². The summed E-state index contributed by atoms with van der Waals surface area (Å²) in [5, 5.41) is 33.2. The molecule has 92 valence electrons. The van der Waals surface area contributed by atoms with Gasteiger partial charge in [0.05, 0.1) is 5.41 Å². The highest BCUT2D eigenvalue weighted by molar-refractivity contribution is 5.34. The number of ether oxygens (including phenoxy) is 1. The van der Waals surface area contributed by atoms with Gasteiger partial charge in [0, 0.05) is 13.1 Å². The molecule has 0 unspecified atom stereocenters. The molecule has 5 nitrogen and oxygen atoms in total. The van der Waals surface area contributed by atoms with E-state index in [-0.39, 0.29) is 0 Å². The Bertz CT molecular complexity index is 319. The zero-order valence-electron chi connectivity index (χ0n) is 9.60. The monoisotopic (exact) mass is 229 g/mol. The minimum absolute atomic E-state index is 0.369. The zero-order chi connectivity index (χ0) is 12.2. The fourth-order valence-electron chi connectivity index (χ4n) is 2.66. The first kappa shape index (κ1) is 12.0. The summed E-state index contributed by atoms with van der Waals surface area (Å²) < 4.78 is 5.36. The molecule has 1 heterocycles. The van der Waals surface area contributed by atoms with Crippen LogP contribution in [0.25, 0.3) is 0 Å². The molecule has 0 aromatic carbocycles. The molecule has 1 saturated heterocycles. The van der Waals surface area contributed by atoms with Crippen LogP contribution < -0.4 is 5.32 Å². The van der Waals surface area contributed by atoms with E-state index in [0.717, 1.165) is 0 Å². The SMILES string of the molecule is C=CCNC[C@H]1O[C@@]2(O)C(C)(C)[C@@]2(O)[C@H]1O. The van der Waals surface area contributed by atoms with Gasteiger partial charge in [-0.25, -0.2) is 0 Å². The van der Waals surface area contributed by atoms with Crippen molar-refractivity contribution in [2.75, 3.05) is 13.1 Å². The molecule has 1 aliphatic heterocycles. The maximum atomic E-state index is 10.2. The van der Waals surface area contributed by atoms with Crippen LogP contribution in [0.3, 0.4) is 0 Å². The second kappa shape index (κ2) is 3.27. The number of nitrogens with one attached hydrogen (secondary N) is 1. The van der Waals surface area contributed by atoms with Crippen molar-refractivity contribution in [2.45, 2.75) is 37.4 Å². The topological polar surface area (TPSA) is 82.0 Å². The Kier molecular flexibility index (Phi) is 2.46. The minimum atomic E-state index is -1.63. The van der Waals surface area contributed by atoms with Gasteiger partial charge in [0.15, 0.2) is 5.60 Å².